The van der Waals surface area contributed by atoms with E-state index in [9.17, 15) is 18.3 Å². The summed E-state index contributed by atoms with van der Waals surface area (Å²) < 4.78 is 37.6. The van der Waals surface area contributed by atoms with Crippen LogP contribution in [0.4, 0.5) is 13.2 Å². The highest BCUT2D eigenvalue weighted by atomic mass is 19.4. The number of alkyl halides is 3. The molecule has 0 aromatic heterocycles. The number of nitrogens with zero attached hydrogens (tertiary/aromatic N) is 1. The van der Waals surface area contributed by atoms with Crippen molar-refractivity contribution in [2.75, 3.05) is 19.7 Å². The van der Waals surface area contributed by atoms with E-state index in [1.165, 1.54) is 0 Å². The lowest BCUT2D eigenvalue weighted by atomic mass is 9.93. The van der Waals surface area contributed by atoms with Gasteiger partial charge in [-0.15, -0.1) is 0 Å². The van der Waals surface area contributed by atoms with E-state index in [1.54, 1.807) is 0 Å². The second-order valence-electron chi connectivity index (χ2n) is 5.05. The molecule has 0 aliphatic carbocycles. The van der Waals surface area contributed by atoms with Crippen molar-refractivity contribution in [3.8, 4) is 0 Å². The zero-order valence-electron chi connectivity index (χ0n) is 10.8. The SMILES string of the molecule is CCCC(N)C(CO)N1CCC(C(F)(F)F)CC1. The van der Waals surface area contributed by atoms with Gasteiger partial charge in [0, 0.05) is 12.1 Å². The van der Waals surface area contributed by atoms with Crippen LogP contribution in [-0.2, 0) is 0 Å². The number of halogens is 3. The Hall–Kier alpha value is -0.330. The first-order chi connectivity index (χ1) is 8.40. The fourth-order valence-corrected chi connectivity index (χ4v) is 2.61. The molecule has 0 aromatic rings. The second-order valence-corrected chi connectivity index (χ2v) is 5.05. The quantitative estimate of drug-likeness (QED) is 0.798. The zero-order chi connectivity index (χ0) is 13.8. The number of piperidine rings is 1. The molecule has 0 aromatic carbocycles. The van der Waals surface area contributed by atoms with Gasteiger partial charge < -0.3 is 10.8 Å². The number of aliphatic hydroxyl groups is 1. The average Bonchev–Trinajstić information content (AvgIpc) is 2.30. The fourth-order valence-electron chi connectivity index (χ4n) is 2.61. The first-order valence-corrected chi connectivity index (χ1v) is 6.57. The van der Waals surface area contributed by atoms with E-state index >= 15 is 0 Å². The van der Waals surface area contributed by atoms with E-state index in [2.05, 4.69) is 0 Å². The van der Waals surface area contributed by atoms with Gasteiger partial charge in [0.15, 0.2) is 0 Å². The Labute approximate surface area is 106 Å². The van der Waals surface area contributed by atoms with Gasteiger partial charge in [-0.25, -0.2) is 0 Å². The van der Waals surface area contributed by atoms with Gasteiger partial charge in [-0.1, -0.05) is 13.3 Å². The maximum absolute atomic E-state index is 12.5. The largest absolute Gasteiger partial charge is 0.395 e. The van der Waals surface area contributed by atoms with Crippen LogP contribution in [0.5, 0.6) is 0 Å². The van der Waals surface area contributed by atoms with Crippen LogP contribution in [0.25, 0.3) is 0 Å². The van der Waals surface area contributed by atoms with Gasteiger partial charge in [-0.2, -0.15) is 13.2 Å². The van der Waals surface area contributed by atoms with E-state index in [-0.39, 0.29) is 31.5 Å². The lowest BCUT2D eigenvalue weighted by Gasteiger charge is -2.39. The highest BCUT2D eigenvalue weighted by molar-refractivity contribution is 4.86. The molecule has 18 heavy (non-hydrogen) atoms. The lowest BCUT2D eigenvalue weighted by Crippen LogP contribution is -2.53. The molecule has 3 N–H and O–H groups in total. The molecule has 1 aliphatic rings. The summed E-state index contributed by atoms with van der Waals surface area (Å²) in [6.45, 7) is 2.65. The maximum atomic E-state index is 12.5. The van der Waals surface area contributed by atoms with Gasteiger partial charge in [-0.3, -0.25) is 4.90 Å². The monoisotopic (exact) mass is 268 g/mol. The minimum absolute atomic E-state index is 0.0855. The minimum atomic E-state index is -4.09. The molecule has 2 atom stereocenters. The number of likely N-dealkylation sites (tertiary alicyclic amines) is 1. The molecule has 3 nitrogen and oxygen atoms in total. The number of hydrogen-bond donors (Lipinski definition) is 2. The summed E-state index contributed by atoms with van der Waals surface area (Å²) in [6.07, 6.45) is -2.18. The van der Waals surface area contributed by atoms with Crippen molar-refractivity contribution in [1.82, 2.24) is 4.90 Å². The molecule has 0 radical (unpaired) electrons. The topological polar surface area (TPSA) is 49.5 Å². The van der Waals surface area contributed by atoms with Gasteiger partial charge >= 0.3 is 6.18 Å². The third-order valence-electron chi connectivity index (χ3n) is 3.76. The van der Waals surface area contributed by atoms with Crippen LogP contribution in [0, 0.1) is 5.92 Å². The number of nitrogens with two attached hydrogens (primary N) is 1. The summed E-state index contributed by atoms with van der Waals surface area (Å²) in [6, 6.07) is -0.374. The minimum Gasteiger partial charge on any atom is -0.395 e. The first-order valence-electron chi connectivity index (χ1n) is 6.57. The van der Waals surface area contributed by atoms with Crippen molar-refractivity contribution in [2.45, 2.75) is 50.9 Å². The lowest BCUT2D eigenvalue weighted by molar-refractivity contribution is -0.186. The third kappa shape index (κ3) is 4.10. The van der Waals surface area contributed by atoms with Crippen LogP contribution in [0.1, 0.15) is 32.6 Å². The molecule has 108 valence electrons. The Morgan fingerprint density at radius 2 is 1.89 bits per heavy atom. The second kappa shape index (κ2) is 6.73. The van der Waals surface area contributed by atoms with Crippen molar-refractivity contribution < 1.29 is 18.3 Å². The zero-order valence-corrected chi connectivity index (χ0v) is 10.8. The standard InChI is InChI=1S/C12H23F3N2O/c1-2-3-10(16)11(8-18)17-6-4-9(5-7-17)12(13,14)15/h9-11,18H,2-8,16H2,1H3. The molecule has 0 bridgehead atoms. The van der Waals surface area contributed by atoms with E-state index < -0.39 is 12.1 Å². The Kier molecular flexibility index (Phi) is 5.88. The average molecular weight is 268 g/mol. The molecule has 0 amide bonds. The normalized spacial score (nSPS) is 23.0. The van der Waals surface area contributed by atoms with E-state index in [0.29, 0.717) is 13.1 Å². The molecule has 1 fully saturated rings. The summed E-state index contributed by atoms with van der Waals surface area (Å²) in [7, 11) is 0. The van der Waals surface area contributed by atoms with Gasteiger partial charge in [-0.05, 0) is 32.4 Å². The fraction of sp³-hybridized carbons (Fsp3) is 1.00. The Bertz CT molecular complexity index is 240. The molecule has 0 spiro atoms. The molecule has 2 unspecified atom stereocenters. The molecule has 1 aliphatic heterocycles. The summed E-state index contributed by atoms with van der Waals surface area (Å²) in [4.78, 5) is 1.91. The predicted molar refractivity (Wildman–Crippen MR) is 64.1 cm³/mol. The molecule has 0 saturated carbocycles. The van der Waals surface area contributed by atoms with Crippen LogP contribution in [0.15, 0.2) is 0 Å². The number of aliphatic hydroxyl groups excluding tert-OH is 1. The summed E-state index contributed by atoms with van der Waals surface area (Å²) in [5.74, 6) is -1.20. The predicted octanol–water partition coefficient (Wildman–Crippen LogP) is 1.75. The van der Waals surface area contributed by atoms with Crippen molar-refractivity contribution in [3.05, 3.63) is 0 Å². The van der Waals surface area contributed by atoms with Gasteiger partial charge in [0.1, 0.15) is 0 Å². The van der Waals surface area contributed by atoms with Crippen molar-refractivity contribution in [1.29, 1.82) is 0 Å². The van der Waals surface area contributed by atoms with Crippen LogP contribution in [0.3, 0.4) is 0 Å². The summed E-state index contributed by atoms with van der Waals surface area (Å²) >= 11 is 0. The molecule has 1 rings (SSSR count). The maximum Gasteiger partial charge on any atom is 0.391 e. The summed E-state index contributed by atoms with van der Waals surface area (Å²) in [5, 5.41) is 9.36. The molecule has 1 saturated heterocycles. The Morgan fingerprint density at radius 3 is 2.28 bits per heavy atom. The van der Waals surface area contributed by atoms with E-state index in [1.807, 2.05) is 11.8 Å². The third-order valence-corrected chi connectivity index (χ3v) is 3.76. The Morgan fingerprint density at radius 1 is 1.33 bits per heavy atom. The molecule has 1 heterocycles. The van der Waals surface area contributed by atoms with E-state index in [0.717, 1.165) is 12.8 Å². The van der Waals surface area contributed by atoms with Gasteiger partial charge in [0.05, 0.1) is 12.5 Å². The number of hydrogen-bond acceptors (Lipinski definition) is 3. The summed E-state index contributed by atoms with van der Waals surface area (Å²) in [5.41, 5.74) is 5.97. The first kappa shape index (κ1) is 15.7. The van der Waals surface area contributed by atoms with Crippen LogP contribution in [0.2, 0.25) is 0 Å². The molecule has 6 heteroatoms. The van der Waals surface area contributed by atoms with Crippen LogP contribution in [-0.4, -0.2) is 48.0 Å². The van der Waals surface area contributed by atoms with Crippen LogP contribution >= 0.6 is 0 Å². The highest BCUT2D eigenvalue weighted by Crippen LogP contribution is 2.34. The van der Waals surface area contributed by atoms with Crippen LogP contribution < -0.4 is 5.73 Å². The number of rotatable bonds is 5. The van der Waals surface area contributed by atoms with Crippen molar-refractivity contribution in [2.24, 2.45) is 11.7 Å². The van der Waals surface area contributed by atoms with E-state index in [4.69, 9.17) is 5.73 Å². The van der Waals surface area contributed by atoms with Gasteiger partial charge in [0.2, 0.25) is 0 Å². The molecular formula is C12H23F3N2O. The Balaban J connectivity index is 2.50. The smallest absolute Gasteiger partial charge is 0.391 e. The molecular weight excluding hydrogens is 245 g/mol. The van der Waals surface area contributed by atoms with Crippen molar-refractivity contribution >= 4 is 0 Å². The van der Waals surface area contributed by atoms with Gasteiger partial charge in [0.25, 0.3) is 0 Å². The highest BCUT2D eigenvalue weighted by Gasteiger charge is 2.42. The van der Waals surface area contributed by atoms with Crippen molar-refractivity contribution in [3.63, 3.8) is 0 Å².